The molecule has 0 saturated carbocycles. The van der Waals surface area contributed by atoms with E-state index in [2.05, 4.69) is 13.8 Å². The number of nitrogens with two attached hydrogens (primary N) is 1. The molecule has 1 saturated heterocycles. The fourth-order valence-corrected chi connectivity index (χ4v) is 2.71. The van der Waals surface area contributed by atoms with Gasteiger partial charge in [-0.2, -0.15) is 0 Å². The molecule has 2 rings (SSSR count). The molecule has 1 aromatic rings. The molecule has 0 radical (unpaired) electrons. The Balaban J connectivity index is 2.04. The van der Waals surface area contributed by atoms with E-state index in [-0.39, 0.29) is 23.3 Å². The van der Waals surface area contributed by atoms with Crippen LogP contribution in [-0.4, -0.2) is 23.9 Å². The van der Waals surface area contributed by atoms with E-state index in [1.165, 1.54) is 0 Å². The third-order valence-electron chi connectivity index (χ3n) is 4.10. The van der Waals surface area contributed by atoms with E-state index < -0.39 is 0 Å². The molecule has 3 heteroatoms. The highest BCUT2D eigenvalue weighted by molar-refractivity contribution is 5.79. The molecule has 19 heavy (non-hydrogen) atoms. The molecule has 1 amide bonds. The van der Waals surface area contributed by atoms with Gasteiger partial charge in [-0.05, 0) is 17.4 Å². The quantitative estimate of drug-likeness (QED) is 0.908. The smallest absolute Gasteiger partial charge is 0.227 e. The van der Waals surface area contributed by atoms with Crippen molar-refractivity contribution in [2.24, 2.45) is 17.1 Å². The summed E-state index contributed by atoms with van der Waals surface area (Å²) in [5, 5.41) is 0. The molecule has 2 atom stereocenters. The number of carbonyl (C=O) groups excluding carboxylic acids is 1. The molecule has 1 fully saturated rings. The van der Waals surface area contributed by atoms with E-state index in [1.807, 2.05) is 42.2 Å². The first-order chi connectivity index (χ1) is 8.91. The monoisotopic (exact) mass is 260 g/mol. The highest BCUT2D eigenvalue weighted by atomic mass is 16.2. The Morgan fingerprint density at radius 2 is 1.95 bits per heavy atom. The van der Waals surface area contributed by atoms with Gasteiger partial charge in [0.2, 0.25) is 5.91 Å². The van der Waals surface area contributed by atoms with Crippen molar-refractivity contribution in [2.75, 3.05) is 13.1 Å². The number of benzene rings is 1. The second kappa shape index (κ2) is 5.33. The summed E-state index contributed by atoms with van der Waals surface area (Å²) in [5.41, 5.74) is 7.50. The molecule has 0 bridgehead atoms. The lowest BCUT2D eigenvalue weighted by molar-refractivity contribution is -0.135. The van der Waals surface area contributed by atoms with Gasteiger partial charge in [0.25, 0.3) is 0 Å². The summed E-state index contributed by atoms with van der Waals surface area (Å²) in [4.78, 5) is 14.5. The van der Waals surface area contributed by atoms with Gasteiger partial charge < -0.3 is 10.6 Å². The van der Waals surface area contributed by atoms with Crippen molar-refractivity contribution in [3.63, 3.8) is 0 Å². The SMILES string of the molecule is CC(C(=O)N1CCC(C)(C)C1)C(N)c1ccccc1. The third kappa shape index (κ3) is 3.16. The van der Waals surface area contributed by atoms with Gasteiger partial charge in [-0.3, -0.25) is 4.79 Å². The minimum Gasteiger partial charge on any atom is -0.342 e. The van der Waals surface area contributed by atoms with Gasteiger partial charge in [-0.15, -0.1) is 0 Å². The molecule has 0 spiro atoms. The summed E-state index contributed by atoms with van der Waals surface area (Å²) >= 11 is 0. The van der Waals surface area contributed by atoms with E-state index in [1.54, 1.807) is 0 Å². The summed E-state index contributed by atoms with van der Waals surface area (Å²) in [5.74, 6) is 0.0122. The maximum Gasteiger partial charge on any atom is 0.227 e. The molecule has 1 aliphatic heterocycles. The first-order valence-corrected chi connectivity index (χ1v) is 7.00. The number of likely N-dealkylation sites (tertiary alicyclic amines) is 1. The maximum absolute atomic E-state index is 12.5. The average Bonchev–Trinajstić information content (AvgIpc) is 2.77. The average molecular weight is 260 g/mol. The van der Waals surface area contributed by atoms with Gasteiger partial charge in [0.15, 0.2) is 0 Å². The van der Waals surface area contributed by atoms with E-state index in [9.17, 15) is 4.79 Å². The Hall–Kier alpha value is -1.35. The minimum atomic E-state index is -0.225. The van der Waals surface area contributed by atoms with Crippen molar-refractivity contribution < 1.29 is 4.79 Å². The first kappa shape index (κ1) is 14.1. The largest absolute Gasteiger partial charge is 0.342 e. The van der Waals surface area contributed by atoms with Gasteiger partial charge >= 0.3 is 0 Å². The molecule has 0 aliphatic carbocycles. The molecular formula is C16H24N2O. The van der Waals surface area contributed by atoms with Gasteiger partial charge in [-0.1, -0.05) is 51.1 Å². The highest BCUT2D eigenvalue weighted by Crippen LogP contribution is 2.31. The number of hydrogen-bond donors (Lipinski definition) is 1. The van der Waals surface area contributed by atoms with Gasteiger partial charge in [-0.25, -0.2) is 0 Å². The highest BCUT2D eigenvalue weighted by Gasteiger charge is 2.35. The van der Waals surface area contributed by atoms with Gasteiger partial charge in [0.05, 0.1) is 5.92 Å². The topological polar surface area (TPSA) is 46.3 Å². The number of carbonyl (C=O) groups is 1. The minimum absolute atomic E-state index is 0.170. The van der Waals surface area contributed by atoms with Crippen LogP contribution in [0.25, 0.3) is 0 Å². The number of hydrogen-bond acceptors (Lipinski definition) is 2. The fourth-order valence-electron chi connectivity index (χ4n) is 2.71. The fraction of sp³-hybridized carbons (Fsp3) is 0.562. The lowest BCUT2D eigenvalue weighted by Crippen LogP contribution is -2.38. The maximum atomic E-state index is 12.5. The molecule has 1 aliphatic rings. The molecule has 3 nitrogen and oxygen atoms in total. The molecular weight excluding hydrogens is 236 g/mol. The molecule has 2 unspecified atom stereocenters. The van der Waals surface area contributed by atoms with Crippen LogP contribution >= 0.6 is 0 Å². The zero-order valence-corrected chi connectivity index (χ0v) is 12.1. The van der Waals surface area contributed by atoms with Crippen LogP contribution in [0.15, 0.2) is 30.3 Å². The zero-order valence-electron chi connectivity index (χ0n) is 12.1. The van der Waals surface area contributed by atoms with Crippen molar-refractivity contribution >= 4 is 5.91 Å². The second-order valence-corrected chi connectivity index (χ2v) is 6.40. The van der Waals surface area contributed by atoms with E-state index in [0.717, 1.165) is 25.1 Å². The number of rotatable bonds is 3. The van der Waals surface area contributed by atoms with Crippen molar-refractivity contribution in [1.29, 1.82) is 0 Å². The number of amides is 1. The van der Waals surface area contributed by atoms with Crippen molar-refractivity contribution in [3.8, 4) is 0 Å². The van der Waals surface area contributed by atoms with Crippen LogP contribution in [0.1, 0.15) is 38.8 Å². The Bertz CT molecular complexity index is 441. The Morgan fingerprint density at radius 1 is 1.32 bits per heavy atom. The summed E-state index contributed by atoms with van der Waals surface area (Å²) < 4.78 is 0. The van der Waals surface area contributed by atoms with Crippen LogP contribution in [0, 0.1) is 11.3 Å². The van der Waals surface area contributed by atoms with Gasteiger partial charge in [0.1, 0.15) is 0 Å². The second-order valence-electron chi connectivity index (χ2n) is 6.40. The summed E-state index contributed by atoms with van der Waals surface area (Å²) in [7, 11) is 0. The lowest BCUT2D eigenvalue weighted by Gasteiger charge is -2.26. The van der Waals surface area contributed by atoms with Crippen LogP contribution in [0.2, 0.25) is 0 Å². The van der Waals surface area contributed by atoms with E-state index in [0.29, 0.717) is 0 Å². The Kier molecular flexibility index (Phi) is 3.95. The first-order valence-electron chi connectivity index (χ1n) is 7.00. The summed E-state index contributed by atoms with van der Waals surface area (Å²) in [6.07, 6.45) is 1.08. The summed E-state index contributed by atoms with van der Waals surface area (Å²) in [6, 6.07) is 9.64. The third-order valence-corrected chi connectivity index (χ3v) is 4.10. The van der Waals surface area contributed by atoms with E-state index in [4.69, 9.17) is 5.73 Å². The molecule has 1 heterocycles. The lowest BCUT2D eigenvalue weighted by atomic mass is 9.92. The molecule has 104 valence electrons. The van der Waals surface area contributed by atoms with Crippen LogP contribution in [0.5, 0.6) is 0 Å². The number of nitrogens with zero attached hydrogens (tertiary/aromatic N) is 1. The molecule has 2 N–H and O–H groups in total. The van der Waals surface area contributed by atoms with Crippen molar-refractivity contribution in [1.82, 2.24) is 4.90 Å². The zero-order chi connectivity index (χ0) is 14.0. The van der Waals surface area contributed by atoms with E-state index >= 15 is 0 Å². The Labute approximate surface area is 115 Å². The normalized spacial score (nSPS) is 21.2. The van der Waals surface area contributed by atoms with Crippen LogP contribution in [0.3, 0.4) is 0 Å². The van der Waals surface area contributed by atoms with Crippen LogP contribution in [-0.2, 0) is 4.79 Å². The Morgan fingerprint density at radius 3 is 2.47 bits per heavy atom. The predicted molar refractivity (Wildman–Crippen MR) is 77.5 cm³/mol. The summed E-state index contributed by atoms with van der Waals surface area (Å²) in [6.45, 7) is 8.06. The van der Waals surface area contributed by atoms with Gasteiger partial charge in [0, 0.05) is 19.1 Å². The van der Waals surface area contributed by atoms with Crippen molar-refractivity contribution in [2.45, 2.75) is 33.2 Å². The molecule has 1 aromatic carbocycles. The van der Waals surface area contributed by atoms with Crippen LogP contribution < -0.4 is 5.73 Å². The van der Waals surface area contributed by atoms with Crippen LogP contribution in [0.4, 0.5) is 0 Å². The standard InChI is InChI=1S/C16H24N2O/c1-12(14(17)13-7-5-4-6-8-13)15(19)18-10-9-16(2,3)11-18/h4-8,12,14H,9-11,17H2,1-3H3. The predicted octanol–water partition coefficient (Wildman–Crippen LogP) is 2.58. The molecule has 0 aromatic heterocycles. The van der Waals surface area contributed by atoms with Crippen molar-refractivity contribution in [3.05, 3.63) is 35.9 Å².